The lowest BCUT2D eigenvalue weighted by molar-refractivity contribution is 0.0473. The number of aliphatic hydroxyl groups is 1. The summed E-state index contributed by atoms with van der Waals surface area (Å²) in [6, 6.07) is 3.40. The number of nitrogens with zero attached hydrogens (tertiary/aromatic N) is 2. The highest BCUT2D eigenvalue weighted by atomic mass is 16.3. The topological polar surface area (TPSA) is 53.4 Å². The van der Waals surface area contributed by atoms with E-state index in [1.807, 2.05) is 0 Å². The van der Waals surface area contributed by atoms with Crippen molar-refractivity contribution in [3.05, 3.63) is 30.1 Å². The van der Waals surface area contributed by atoms with E-state index in [-0.39, 0.29) is 12.0 Å². The van der Waals surface area contributed by atoms with Crippen molar-refractivity contribution in [2.45, 2.75) is 18.9 Å². The summed E-state index contributed by atoms with van der Waals surface area (Å²) >= 11 is 0. The highest BCUT2D eigenvalue weighted by Gasteiger charge is 2.22. The number of pyridine rings is 1. The molecule has 1 fully saturated rings. The third kappa shape index (κ3) is 2.33. The van der Waals surface area contributed by atoms with Gasteiger partial charge < -0.3 is 10.0 Å². The normalized spacial score (nSPS) is 21.4. The molecule has 1 saturated heterocycles. The molecule has 80 valence electrons. The molecular formula is C11H14N2O2. The van der Waals surface area contributed by atoms with Crippen LogP contribution in [0.2, 0.25) is 0 Å². The van der Waals surface area contributed by atoms with E-state index in [9.17, 15) is 9.90 Å². The van der Waals surface area contributed by atoms with Gasteiger partial charge in [-0.05, 0) is 25.0 Å². The number of carbonyl (C=O) groups is 1. The highest BCUT2D eigenvalue weighted by Crippen LogP contribution is 2.13. The van der Waals surface area contributed by atoms with Crippen LogP contribution in [0.15, 0.2) is 24.5 Å². The second-order valence-electron chi connectivity index (χ2n) is 3.78. The molecule has 1 N–H and O–H groups in total. The monoisotopic (exact) mass is 206 g/mol. The van der Waals surface area contributed by atoms with Crippen LogP contribution in [0, 0.1) is 0 Å². The molecule has 0 radical (unpaired) electrons. The van der Waals surface area contributed by atoms with Crippen LogP contribution in [0.25, 0.3) is 0 Å². The van der Waals surface area contributed by atoms with Crippen molar-refractivity contribution in [2.75, 3.05) is 13.1 Å². The summed E-state index contributed by atoms with van der Waals surface area (Å²) in [4.78, 5) is 17.5. The van der Waals surface area contributed by atoms with Gasteiger partial charge in [-0.25, -0.2) is 0 Å². The van der Waals surface area contributed by atoms with Crippen molar-refractivity contribution in [1.29, 1.82) is 0 Å². The minimum atomic E-state index is -0.371. The third-order valence-electron chi connectivity index (χ3n) is 2.61. The molecule has 0 saturated carbocycles. The van der Waals surface area contributed by atoms with Gasteiger partial charge in [0.05, 0.1) is 6.10 Å². The van der Waals surface area contributed by atoms with E-state index in [4.69, 9.17) is 0 Å². The van der Waals surface area contributed by atoms with Crippen molar-refractivity contribution >= 4 is 5.91 Å². The molecule has 0 bridgehead atoms. The number of β-amino-alcohol motifs (C(OH)–C–C–N with tert-alkyl or cyclic N) is 1. The van der Waals surface area contributed by atoms with E-state index in [0.29, 0.717) is 12.1 Å². The Morgan fingerprint density at radius 2 is 2.20 bits per heavy atom. The number of piperidine rings is 1. The standard InChI is InChI=1S/C11H14N2O2/c14-10-2-1-7-13(8-10)11(15)9-3-5-12-6-4-9/h3-6,10,14H,1-2,7-8H2/t10-/m0/s1. The third-order valence-corrected chi connectivity index (χ3v) is 2.61. The average molecular weight is 206 g/mol. The first kappa shape index (κ1) is 10.1. The Hall–Kier alpha value is -1.42. The van der Waals surface area contributed by atoms with Crippen LogP contribution in [-0.2, 0) is 0 Å². The number of aromatic nitrogens is 1. The fourth-order valence-corrected chi connectivity index (χ4v) is 1.82. The molecule has 0 spiro atoms. The lowest BCUT2D eigenvalue weighted by Gasteiger charge is -2.30. The van der Waals surface area contributed by atoms with Crippen LogP contribution in [0.4, 0.5) is 0 Å². The van der Waals surface area contributed by atoms with Crippen molar-refractivity contribution in [2.24, 2.45) is 0 Å². The summed E-state index contributed by atoms with van der Waals surface area (Å²) in [6.07, 6.45) is 4.50. The van der Waals surface area contributed by atoms with Gasteiger partial charge in [-0.15, -0.1) is 0 Å². The second kappa shape index (κ2) is 4.40. The van der Waals surface area contributed by atoms with Crippen molar-refractivity contribution in [3.8, 4) is 0 Å². The molecule has 1 atom stereocenters. The maximum absolute atomic E-state index is 11.9. The Bertz CT molecular complexity index is 340. The molecule has 4 nitrogen and oxygen atoms in total. The van der Waals surface area contributed by atoms with E-state index >= 15 is 0 Å². The van der Waals surface area contributed by atoms with Gasteiger partial charge in [0.1, 0.15) is 0 Å². The molecule has 1 aromatic rings. The Morgan fingerprint density at radius 1 is 1.47 bits per heavy atom. The number of rotatable bonds is 1. The molecule has 2 rings (SSSR count). The summed E-state index contributed by atoms with van der Waals surface area (Å²) in [6.45, 7) is 1.18. The number of likely N-dealkylation sites (tertiary alicyclic amines) is 1. The van der Waals surface area contributed by atoms with Gasteiger partial charge in [-0.3, -0.25) is 9.78 Å². The number of aliphatic hydroxyl groups excluding tert-OH is 1. The van der Waals surface area contributed by atoms with Crippen molar-refractivity contribution in [1.82, 2.24) is 9.88 Å². The van der Waals surface area contributed by atoms with E-state index in [2.05, 4.69) is 4.98 Å². The zero-order valence-corrected chi connectivity index (χ0v) is 8.47. The molecule has 1 amide bonds. The predicted molar refractivity (Wildman–Crippen MR) is 55.4 cm³/mol. The molecule has 15 heavy (non-hydrogen) atoms. The average Bonchev–Trinajstić information content (AvgIpc) is 2.29. The molecule has 0 unspecified atom stereocenters. The first-order chi connectivity index (χ1) is 7.27. The second-order valence-corrected chi connectivity index (χ2v) is 3.78. The van der Waals surface area contributed by atoms with Crippen LogP contribution < -0.4 is 0 Å². The molecular weight excluding hydrogens is 192 g/mol. The summed E-state index contributed by atoms with van der Waals surface area (Å²) in [5.41, 5.74) is 0.638. The van der Waals surface area contributed by atoms with Crippen LogP contribution in [-0.4, -0.2) is 40.1 Å². The molecule has 1 aliphatic heterocycles. The Morgan fingerprint density at radius 3 is 2.87 bits per heavy atom. The molecule has 1 aliphatic rings. The first-order valence-electron chi connectivity index (χ1n) is 5.15. The summed E-state index contributed by atoms with van der Waals surface area (Å²) in [7, 11) is 0. The zero-order valence-electron chi connectivity index (χ0n) is 8.47. The van der Waals surface area contributed by atoms with Crippen LogP contribution in [0.3, 0.4) is 0 Å². The predicted octanol–water partition coefficient (Wildman–Crippen LogP) is 0.678. The SMILES string of the molecule is O=C(c1ccncc1)N1CCC[C@H](O)C1. The van der Waals surface area contributed by atoms with Gasteiger partial charge in [-0.1, -0.05) is 0 Å². The zero-order chi connectivity index (χ0) is 10.7. The number of hydrogen-bond acceptors (Lipinski definition) is 3. The van der Waals surface area contributed by atoms with Crippen molar-refractivity contribution in [3.63, 3.8) is 0 Å². The van der Waals surface area contributed by atoms with E-state index < -0.39 is 0 Å². The van der Waals surface area contributed by atoms with E-state index in [0.717, 1.165) is 19.4 Å². The van der Waals surface area contributed by atoms with Gasteiger partial charge in [0.2, 0.25) is 0 Å². The Labute approximate surface area is 88.6 Å². The van der Waals surface area contributed by atoms with Crippen molar-refractivity contribution < 1.29 is 9.90 Å². The molecule has 1 aromatic heterocycles. The molecule has 2 heterocycles. The largest absolute Gasteiger partial charge is 0.391 e. The maximum atomic E-state index is 11.9. The van der Waals surface area contributed by atoms with Gasteiger partial charge >= 0.3 is 0 Å². The molecule has 4 heteroatoms. The molecule has 0 aliphatic carbocycles. The Balaban J connectivity index is 2.08. The fourth-order valence-electron chi connectivity index (χ4n) is 1.82. The van der Waals surface area contributed by atoms with Crippen LogP contribution in [0.5, 0.6) is 0 Å². The maximum Gasteiger partial charge on any atom is 0.254 e. The van der Waals surface area contributed by atoms with Gasteiger partial charge in [-0.2, -0.15) is 0 Å². The fraction of sp³-hybridized carbons (Fsp3) is 0.455. The summed E-state index contributed by atoms with van der Waals surface area (Å²) in [5, 5.41) is 9.47. The van der Waals surface area contributed by atoms with Crippen LogP contribution >= 0.6 is 0 Å². The number of hydrogen-bond donors (Lipinski definition) is 1. The Kier molecular flexibility index (Phi) is 2.97. The number of carbonyl (C=O) groups excluding carboxylic acids is 1. The minimum absolute atomic E-state index is 0.0175. The molecule has 0 aromatic carbocycles. The van der Waals surface area contributed by atoms with E-state index in [1.54, 1.807) is 29.4 Å². The minimum Gasteiger partial charge on any atom is -0.391 e. The first-order valence-corrected chi connectivity index (χ1v) is 5.15. The van der Waals surface area contributed by atoms with Gasteiger partial charge in [0, 0.05) is 31.0 Å². The lowest BCUT2D eigenvalue weighted by atomic mass is 10.1. The highest BCUT2D eigenvalue weighted by molar-refractivity contribution is 5.94. The summed E-state index contributed by atoms with van der Waals surface area (Å²) in [5.74, 6) is -0.0175. The quantitative estimate of drug-likeness (QED) is 0.735. The number of amides is 1. The van der Waals surface area contributed by atoms with E-state index in [1.165, 1.54) is 0 Å². The van der Waals surface area contributed by atoms with Crippen LogP contribution in [0.1, 0.15) is 23.2 Å². The lowest BCUT2D eigenvalue weighted by Crippen LogP contribution is -2.42. The smallest absolute Gasteiger partial charge is 0.254 e. The van der Waals surface area contributed by atoms with Gasteiger partial charge in [0.25, 0.3) is 5.91 Å². The van der Waals surface area contributed by atoms with Gasteiger partial charge in [0.15, 0.2) is 0 Å². The summed E-state index contributed by atoms with van der Waals surface area (Å²) < 4.78 is 0.